The maximum absolute atomic E-state index is 15.2. The summed E-state index contributed by atoms with van der Waals surface area (Å²) in [5, 5.41) is 12.9. The topological polar surface area (TPSA) is 167 Å². The average Bonchev–Trinajstić information content (AvgIpc) is 3.43. The predicted molar refractivity (Wildman–Crippen MR) is 192 cm³/mol. The number of methoxy groups -OCH3 is 3. The number of piperidine rings is 1. The maximum Gasteiger partial charge on any atom is 0.318 e. The molecule has 53 heavy (non-hydrogen) atoms. The summed E-state index contributed by atoms with van der Waals surface area (Å²) in [5.74, 6) is -0.717. The lowest BCUT2D eigenvalue weighted by atomic mass is 9.83. The summed E-state index contributed by atoms with van der Waals surface area (Å²) >= 11 is 0. The molecule has 0 unspecified atom stereocenters. The van der Waals surface area contributed by atoms with Gasteiger partial charge in [-0.3, -0.25) is 14.6 Å². The zero-order valence-corrected chi connectivity index (χ0v) is 31.0. The largest absolute Gasteiger partial charge is 0.497 e. The Morgan fingerprint density at radius 2 is 1.70 bits per heavy atom. The molecule has 7 rings (SSSR count). The summed E-state index contributed by atoms with van der Waals surface area (Å²) in [6.45, 7) is 7.84. The quantitative estimate of drug-likeness (QED) is 0.341. The Balaban J connectivity index is 1.22. The SMILES string of the molecule is COc1ccc(S(=O)(=O)N2C(=O)[C@@](NC(=O)N3CCN(C4CCN(C5(C)COC5)CC4)CC3)(c3cccnc3OC)c3cc(C#N)ccc32)c(OC)c1. The zero-order chi connectivity index (χ0) is 37.5. The number of rotatable bonds is 9. The molecule has 280 valence electrons. The summed E-state index contributed by atoms with van der Waals surface area (Å²) in [5.41, 5.74) is -1.75. The minimum absolute atomic E-state index is 0.00535. The number of hydrogen-bond acceptors (Lipinski definition) is 12. The maximum atomic E-state index is 15.2. The Morgan fingerprint density at radius 3 is 2.32 bits per heavy atom. The fourth-order valence-corrected chi connectivity index (χ4v) is 9.56. The van der Waals surface area contributed by atoms with Crippen molar-refractivity contribution in [1.82, 2.24) is 25.0 Å². The van der Waals surface area contributed by atoms with Gasteiger partial charge < -0.3 is 29.2 Å². The summed E-state index contributed by atoms with van der Waals surface area (Å²) in [4.78, 5) is 40.2. The van der Waals surface area contributed by atoms with E-state index in [9.17, 15) is 18.5 Å². The molecule has 3 aromatic rings. The van der Waals surface area contributed by atoms with E-state index in [0.29, 0.717) is 42.3 Å². The van der Waals surface area contributed by atoms with Gasteiger partial charge in [-0.05, 0) is 62.2 Å². The number of amides is 3. The lowest BCUT2D eigenvalue weighted by molar-refractivity contribution is -0.139. The van der Waals surface area contributed by atoms with Crippen LogP contribution in [0.3, 0.4) is 0 Å². The third-order valence-electron chi connectivity index (χ3n) is 11.0. The third kappa shape index (κ3) is 6.11. The molecule has 0 aliphatic carbocycles. The van der Waals surface area contributed by atoms with Crippen LogP contribution in [0.1, 0.15) is 36.5 Å². The van der Waals surface area contributed by atoms with Crippen LogP contribution >= 0.6 is 0 Å². The number of anilines is 1. The fourth-order valence-electron chi connectivity index (χ4n) is 7.95. The molecule has 4 aliphatic heterocycles. The van der Waals surface area contributed by atoms with Crippen molar-refractivity contribution < 1.29 is 37.0 Å². The molecule has 4 aliphatic rings. The van der Waals surface area contributed by atoms with Gasteiger partial charge in [-0.2, -0.15) is 9.57 Å². The van der Waals surface area contributed by atoms with Crippen LogP contribution in [0.2, 0.25) is 0 Å². The fraction of sp³-hybridized carbons (Fsp3) is 0.459. The monoisotopic (exact) mass is 745 g/mol. The number of carbonyl (C=O) groups excluding carboxylic acids is 2. The van der Waals surface area contributed by atoms with Gasteiger partial charge in [0.25, 0.3) is 15.9 Å². The number of piperazine rings is 1. The van der Waals surface area contributed by atoms with Crippen molar-refractivity contribution in [3.05, 3.63) is 71.4 Å². The van der Waals surface area contributed by atoms with Gasteiger partial charge in [0.15, 0.2) is 5.54 Å². The molecule has 15 nitrogen and oxygen atoms in total. The highest BCUT2D eigenvalue weighted by molar-refractivity contribution is 7.93. The van der Waals surface area contributed by atoms with E-state index in [4.69, 9.17) is 18.9 Å². The number of nitrogens with one attached hydrogen (secondary N) is 1. The Kier molecular flexibility index (Phi) is 9.70. The van der Waals surface area contributed by atoms with E-state index in [1.165, 1.54) is 63.9 Å². The molecule has 3 saturated heterocycles. The summed E-state index contributed by atoms with van der Waals surface area (Å²) in [6, 6.07) is 13.4. The summed E-state index contributed by atoms with van der Waals surface area (Å²) < 4.78 is 51.7. The Bertz CT molecular complexity index is 2050. The predicted octanol–water partition coefficient (Wildman–Crippen LogP) is 2.54. The first-order chi connectivity index (χ1) is 25.5. The molecule has 1 N–H and O–H groups in total. The van der Waals surface area contributed by atoms with E-state index in [1.54, 1.807) is 17.0 Å². The second-order valence-electron chi connectivity index (χ2n) is 13.9. The van der Waals surface area contributed by atoms with Gasteiger partial charge in [-0.15, -0.1) is 0 Å². The number of sulfonamides is 1. The van der Waals surface area contributed by atoms with Gasteiger partial charge in [-0.1, -0.05) is 0 Å². The number of ether oxygens (including phenoxy) is 4. The van der Waals surface area contributed by atoms with Crippen LogP contribution in [-0.4, -0.2) is 125 Å². The first-order valence-corrected chi connectivity index (χ1v) is 18.9. The molecule has 2 aromatic carbocycles. The Labute approximate surface area is 309 Å². The first-order valence-electron chi connectivity index (χ1n) is 17.5. The molecule has 0 spiro atoms. The average molecular weight is 746 g/mol. The third-order valence-corrected chi connectivity index (χ3v) is 12.7. The summed E-state index contributed by atoms with van der Waals surface area (Å²) in [7, 11) is -0.587. The normalized spacial score (nSPS) is 22.1. The van der Waals surface area contributed by atoms with Crippen LogP contribution in [-0.2, 0) is 25.1 Å². The highest BCUT2D eigenvalue weighted by atomic mass is 32.2. The van der Waals surface area contributed by atoms with E-state index in [1.807, 2.05) is 0 Å². The molecule has 0 bridgehead atoms. The van der Waals surface area contributed by atoms with Gasteiger partial charge in [0.05, 0.1) is 63.0 Å². The number of pyridine rings is 1. The number of benzene rings is 2. The van der Waals surface area contributed by atoms with Crippen molar-refractivity contribution in [2.75, 3.05) is 78.1 Å². The van der Waals surface area contributed by atoms with Crippen molar-refractivity contribution in [2.24, 2.45) is 0 Å². The number of likely N-dealkylation sites (tertiary alicyclic amines) is 1. The molecular formula is C37H43N7O8S. The van der Waals surface area contributed by atoms with Gasteiger partial charge in [-0.25, -0.2) is 18.2 Å². The van der Waals surface area contributed by atoms with Crippen molar-refractivity contribution >= 4 is 27.6 Å². The van der Waals surface area contributed by atoms with Crippen LogP contribution in [0, 0.1) is 11.3 Å². The molecule has 0 saturated carbocycles. The van der Waals surface area contributed by atoms with Gasteiger partial charge >= 0.3 is 6.03 Å². The standard InChI is InChI=1S/C37H43N7O8S/c1-36(23-52-24-36)43-14-11-26(12-15-43)41-16-18-42(19-17-41)35(46)40-37(28-6-5-13-39-33(28)51-4)29-20-25(22-38)7-9-30(29)44(34(37)45)53(47,48)32-10-8-27(49-2)21-31(32)50-3/h5-10,13,20-21,26H,11-12,14-19,23-24H2,1-4H3,(H,40,46)/t37-/m1/s1. The Morgan fingerprint density at radius 1 is 0.962 bits per heavy atom. The molecule has 0 radical (unpaired) electrons. The number of nitrogens with zero attached hydrogens (tertiary/aromatic N) is 6. The van der Waals surface area contributed by atoms with Crippen LogP contribution in [0.25, 0.3) is 0 Å². The second-order valence-corrected chi connectivity index (χ2v) is 15.7. The number of carbonyl (C=O) groups is 2. The van der Waals surface area contributed by atoms with E-state index < -0.39 is 27.5 Å². The molecule has 1 aromatic heterocycles. The smallest absolute Gasteiger partial charge is 0.318 e. The van der Waals surface area contributed by atoms with Crippen molar-refractivity contribution in [3.8, 4) is 23.4 Å². The van der Waals surface area contributed by atoms with Crippen LogP contribution in [0.15, 0.2) is 59.6 Å². The van der Waals surface area contributed by atoms with Gasteiger partial charge in [0.1, 0.15) is 16.4 Å². The molecule has 1 atom stereocenters. The first kappa shape index (κ1) is 36.4. The molecular weight excluding hydrogens is 703 g/mol. The second kappa shape index (κ2) is 14.1. The van der Waals surface area contributed by atoms with Crippen LogP contribution in [0.5, 0.6) is 17.4 Å². The van der Waals surface area contributed by atoms with E-state index in [2.05, 4.69) is 33.1 Å². The highest BCUT2D eigenvalue weighted by Gasteiger charge is 2.59. The van der Waals surface area contributed by atoms with Gasteiger partial charge in [0, 0.05) is 63.1 Å². The zero-order valence-electron chi connectivity index (χ0n) is 30.2. The van der Waals surface area contributed by atoms with Crippen LogP contribution in [0.4, 0.5) is 10.5 Å². The number of aromatic nitrogens is 1. The van der Waals surface area contributed by atoms with Gasteiger partial charge in [0.2, 0.25) is 5.88 Å². The number of hydrogen-bond donors (Lipinski definition) is 1. The molecule has 16 heteroatoms. The number of urea groups is 1. The minimum atomic E-state index is -4.70. The van der Waals surface area contributed by atoms with E-state index in [-0.39, 0.29) is 44.4 Å². The van der Waals surface area contributed by atoms with Crippen LogP contribution < -0.4 is 23.8 Å². The number of nitriles is 1. The Hall–Kier alpha value is -4.95. The van der Waals surface area contributed by atoms with Crippen molar-refractivity contribution in [1.29, 1.82) is 5.26 Å². The number of fused-ring (bicyclic) bond motifs is 1. The highest BCUT2D eigenvalue weighted by Crippen LogP contribution is 2.50. The van der Waals surface area contributed by atoms with E-state index >= 15 is 4.79 Å². The van der Waals surface area contributed by atoms with Crippen molar-refractivity contribution in [2.45, 2.75) is 41.8 Å². The van der Waals surface area contributed by atoms with E-state index in [0.717, 1.165) is 39.1 Å². The lowest BCUT2D eigenvalue weighted by Gasteiger charge is -2.51. The molecule has 3 fully saturated rings. The lowest BCUT2D eigenvalue weighted by Crippen LogP contribution is -2.64. The molecule has 5 heterocycles. The summed E-state index contributed by atoms with van der Waals surface area (Å²) in [6.07, 6.45) is 3.52. The molecule has 3 amide bonds. The minimum Gasteiger partial charge on any atom is -0.497 e. The van der Waals surface area contributed by atoms with Crippen molar-refractivity contribution in [3.63, 3.8) is 0 Å².